The molecule has 0 radical (unpaired) electrons. The Morgan fingerprint density at radius 2 is 2.24 bits per heavy atom. The second-order valence-electron chi connectivity index (χ2n) is 4.58. The van der Waals surface area contributed by atoms with Crippen LogP contribution in [0, 0.1) is 18.8 Å². The highest BCUT2D eigenvalue weighted by Gasteiger charge is 2.16. The lowest BCUT2D eigenvalue weighted by atomic mass is 10.2. The van der Waals surface area contributed by atoms with Crippen LogP contribution in [0.4, 0.5) is 0 Å². The Bertz CT molecular complexity index is 676. The molecule has 0 aliphatic heterocycles. The fourth-order valence-corrected chi connectivity index (χ4v) is 3.45. The van der Waals surface area contributed by atoms with Crippen LogP contribution in [0.1, 0.15) is 44.4 Å². The van der Waals surface area contributed by atoms with Gasteiger partial charge in [-0.2, -0.15) is 0 Å². The SMILES string of the molecule is Cc1ccc(C(C)NC(=O)c2sccc2C#CCCO)s1. The third-order valence-corrected chi connectivity index (χ3v) is 4.96. The Kier molecular flexibility index (Phi) is 5.57. The van der Waals surface area contributed by atoms with Crippen molar-refractivity contribution in [2.45, 2.75) is 26.3 Å². The van der Waals surface area contributed by atoms with Gasteiger partial charge in [-0.15, -0.1) is 22.7 Å². The molecule has 2 rings (SSSR count). The first-order valence-corrected chi connectivity index (χ1v) is 8.36. The number of thiophene rings is 2. The minimum atomic E-state index is -0.100. The molecule has 1 atom stereocenters. The second-order valence-corrected chi connectivity index (χ2v) is 6.82. The van der Waals surface area contributed by atoms with Gasteiger partial charge in [-0.1, -0.05) is 11.8 Å². The molecule has 2 N–H and O–H groups in total. The topological polar surface area (TPSA) is 49.3 Å². The van der Waals surface area contributed by atoms with Gasteiger partial charge in [0, 0.05) is 21.7 Å². The van der Waals surface area contributed by atoms with Crippen LogP contribution in [0.2, 0.25) is 0 Å². The van der Waals surface area contributed by atoms with Crippen LogP contribution in [-0.4, -0.2) is 17.6 Å². The maximum Gasteiger partial charge on any atom is 0.263 e. The number of carbonyl (C=O) groups is 1. The van der Waals surface area contributed by atoms with E-state index in [2.05, 4.69) is 30.1 Å². The zero-order valence-corrected chi connectivity index (χ0v) is 13.6. The first-order valence-electron chi connectivity index (χ1n) is 6.66. The standard InChI is InChI=1S/C16H17NO2S2/c1-11-6-7-14(21-11)12(2)17-16(19)15-13(8-10-20-15)5-3-4-9-18/h6-8,10,12,18H,4,9H2,1-2H3,(H,17,19). The summed E-state index contributed by atoms with van der Waals surface area (Å²) in [6.07, 6.45) is 0.418. The smallest absolute Gasteiger partial charge is 0.263 e. The third kappa shape index (κ3) is 4.18. The van der Waals surface area contributed by atoms with Crippen LogP contribution in [0.5, 0.6) is 0 Å². The Morgan fingerprint density at radius 1 is 1.43 bits per heavy atom. The molecule has 2 heterocycles. The second kappa shape index (κ2) is 7.41. The van der Waals surface area contributed by atoms with Gasteiger partial charge in [0.25, 0.3) is 5.91 Å². The van der Waals surface area contributed by atoms with E-state index >= 15 is 0 Å². The zero-order chi connectivity index (χ0) is 15.2. The molecule has 0 bridgehead atoms. The molecule has 1 unspecified atom stereocenters. The minimum Gasteiger partial charge on any atom is -0.395 e. The largest absolute Gasteiger partial charge is 0.395 e. The molecule has 0 spiro atoms. The molecule has 0 aliphatic carbocycles. The van der Waals surface area contributed by atoms with Crippen molar-refractivity contribution in [3.8, 4) is 11.8 Å². The Labute approximate surface area is 132 Å². The van der Waals surface area contributed by atoms with E-state index < -0.39 is 0 Å². The van der Waals surface area contributed by atoms with E-state index in [0.717, 1.165) is 10.4 Å². The number of carbonyl (C=O) groups excluding carboxylic acids is 1. The van der Waals surface area contributed by atoms with Gasteiger partial charge in [0.15, 0.2) is 0 Å². The third-order valence-electron chi connectivity index (χ3n) is 2.87. The number of amides is 1. The average Bonchev–Trinajstić information content (AvgIpc) is 3.08. The van der Waals surface area contributed by atoms with Gasteiger partial charge in [0.05, 0.1) is 12.6 Å². The van der Waals surface area contributed by atoms with Gasteiger partial charge in [0.2, 0.25) is 0 Å². The number of rotatable bonds is 4. The van der Waals surface area contributed by atoms with E-state index in [0.29, 0.717) is 11.3 Å². The quantitative estimate of drug-likeness (QED) is 0.849. The summed E-state index contributed by atoms with van der Waals surface area (Å²) in [5.41, 5.74) is 0.723. The summed E-state index contributed by atoms with van der Waals surface area (Å²) in [4.78, 5) is 15.3. The molecule has 21 heavy (non-hydrogen) atoms. The van der Waals surface area contributed by atoms with Gasteiger partial charge >= 0.3 is 0 Å². The Morgan fingerprint density at radius 3 is 2.90 bits per heavy atom. The van der Waals surface area contributed by atoms with Crippen molar-refractivity contribution in [3.63, 3.8) is 0 Å². The molecule has 0 aliphatic rings. The summed E-state index contributed by atoms with van der Waals surface area (Å²) in [7, 11) is 0. The van der Waals surface area contributed by atoms with Crippen LogP contribution < -0.4 is 5.32 Å². The predicted molar refractivity (Wildman–Crippen MR) is 87.8 cm³/mol. The molecule has 0 aromatic carbocycles. The highest BCUT2D eigenvalue weighted by atomic mass is 32.1. The lowest BCUT2D eigenvalue weighted by Crippen LogP contribution is -2.25. The summed E-state index contributed by atoms with van der Waals surface area (Å²) in [6.45, 7) is 4.07. The summed E-state index contributed by atoms with van der Waals surface area (Å²) in [5.74, 6) is 5.68. The van der Waals surface area contributed by atoms with Gasteiger partial charge in [-0.3, -0.25) is 4.79 Å². The van der Waals surface area contributed by atoms with Crippen LogP contribution in [0.3, 0.4) is 0 Å². The molecular weight excluding hydrogens is 302 g/mol. The van der Waals surface area contributed by atoms with Crippen molar-refractivity contribution in [2.75, 3.05) is 6.61 Å². The van der Waals surface area contributed by atoms with E-state index in [-0.39, 0.29) is 18.6 Å². The number of nitrogens with one attached hydrogen (secondary N) is 1. The molecular formula is C16H17NO2S2. The van der Waals surface area contributed by atoms with Crippen molar-refractivity contribution in [1.29, 1.82) is 0 Å². The van der Waals surface area contributed by atoms with Crippen LogP contribution in [-0.2, 0) is 0 Å². The van der Waals surface area contributed by atoms with Crippen molar-refractivity contribution in [1.82, 2.24) is 5.32 Å². The summed E-state index contributed by atoms with van der Waals surface area (Å²) < 4.78 is 0. The number of aliphatic hydroxyl groups excluding tert-OH is 1. The summed E-state index contributed by atoms with van der Waals surface area (Å²) in [6, 6.07) is 5.92. The summed E-state index contributed by atoms with van der Waals surface area (Å²) in [5, 5.41) is 13.6. The van der Waals surface area contributed by atoms with Crippen molar-refractivity contribution < 1.29 is 9.90 Å². The maximum absolute atomic E-state index is 12.3. The Hall–Kier alpha value is -1.61. The fraction of sp³-hybridized carbons (Fsp3) is 0.312. The number of aryl methyl sites for hydroxylation is 1. The monoisotopic (exact) mass is 319 g/mol. The van der Waals surface area contributed by atoms with E-state index in [1.807, 2.05) is 24.4 Å². The van der Waals surface area contributed by atoms with E-state index in [1.165, 1.54) is 16.2 Å². The van der Waals surface area contributed by atoms with Gasteiger partial charge in [-0.05, 0) is 37.4 Å². The van der Waals surface area contributed by atoms with Crippen LogP contribution >= 0.6 is 22.7 Å². The van der Waals surface area contributed by atoms with Crippen LogP contribution in [0.25, 0.3) is 0 Å². The van der Waals surface area contributed by atoms with Crippen molar-refractivity contribution in [3.05, 3.63) is 43.8 Å². The van der Waals surface area contributed by atoms with Gasteiger partial charge in [-0.25, -0.2) is 0 Å². The van der Waals surface area contributed by atoms with E-state index in [9.17, 15) is 4.79 Å². The lowest BCUT2D eigenvalue weighted by molar-refractivity contribution is 0.0944. The van der Waals surface area contributed by atoms with E-state index in [1.54, 1.807) is 11.3 Å². The predicted octanol–water partition coefficient (Wildman–Crippen LogP) is 3.34. The van der Waals surface area contributed by atoms with Crippen molar-refractivity contribution in [2.24, 2.45) is 0 Å². The molecule has 0 saturated carbocycles. The molecule has 0 saturated heterocycles. The van der Waals surface area contributed by atoms with Crippen LogP contribution in [0.15, 0.2) is 23.6 Å². The highest BCUT2D eigenvalue weighted by molar-refractivity contribution is 7.12. The molecule has 3 nitrogen and oxygen atoms in total. The number of hydrogen-bond donors (Lipinski definition) is 2. The molecule has 110 valence electrons. The van der Waals surface area contributed by atoms with Gasteiger partial charge < -0.3 is 10.4 Å². The number of aliphatic hydroxyl groups is 1. The van der Waals surface area contributed by atoms with E-state index in [4.69, 9.17) is 5.11 Å². The number of hydrogen-bond acceptors (Lipinski definition) is 4. The molecule has 2 aromatic heterocycles. The van der Waals surface area contributed by atoms with Crippen molar-refractivity contribution >= 4 is 28.6 Å². The lowest BCUT2D eigenvalue weighted by Gasteiger charge is -2.11. The normalized spacial score (nSPS) is 11.6. The first-order chi connectivity index (χ1) is 10.1. The molecule has 1 amide bonds. The fourth-order valence-electron chi connectivity index (χ4n) is 1.82. The molecule has 2 aromatic rings. The summed E-state index contributed by atoms with van der Waals surface area (Å²) >= 11 is 3.07. The van der Waals surface area contributed by atoms with Gasteiger partial charge in [0.1, 0.15) is 4.88 Å². The molecule has 0 fully saturated rings. The maximum atomic E-state index is 12.3. The average molecular weight is 319 g/mol. The minimum absolute atomic E-state index is 0.0171. The first kappa shape index (κ1) is 15.8. The highest BCUT2D eigenvalue weighted by Crippen LogP contribution is 2.23. The molecule has 5 heteroatoms. The zero-order valence-electron chi connectivity index (χ0n) is 12.0. The Balaban J connectivity index is 2.07.